The molecule has 5 heteroatoms. The lowest BCUT2D eigenvalue weighted by atomic mass is 9.95. The van der Waals surface area contributed by atoms with Crippen LogP contribution in [0.2, 0.25) is 0 Å². The molecule has 0 spiro atoms. The zero-order chi connectivity index (χ0) is 14.8. The van der Waals surface area contributed by atoms with Crippen molar-refractivity contribution in [3.8, 4) is 0 Å². The van der Waals surface area contributed by atoms with Gasteiger partial charge in [0.15, 0.2) is 0 Å². The van der Waals surface area contributed by atoms with Crippen molar-refractivity contribution in [3.05, 3.63) is 36.0 Å². The van der Waals surface area contributed by atoms with Crippen LogP contribution in [0, 0.1) is 5.92 Å². The van der Waals surface area contributed by atoms with Gasteiger partial charge in [-0.05, 0) is 18.9 Å². The van der Waals surface area contributed by atoms with Crippen molar-refractivity contribution in [3.63, 3.8) is 0 Å². The normalized spacial score (nSPS) is 16.1. The molecule has 5 nitrogen and oxygen atoms in total. The zero-order valence-corrected chi connectivity index (χ0v) is 12.1. The van der Waals surface area contributed by atoms with Gasteiger partial charge in [-0.2, -0.15) is 0 Å². The summed E-state index contributed by atoms with van der Waals surface area (Å²) in [5, 5.41) is 3.64. The highest BCUT2D eigenvalue weighted by atomic mass is 16.2. The number of piperidine rings is 1. The Kier molecular flexibility index (Phi) is 3.64. The van der Waals surface area contributed by atoms with Crippen LogP contribution in [-0.4, -0.2) is 41.8 Å². The summed E-state index contributed by atoms with van der Waals surface area (Å²) in [6.45, 7) is 1.27. The molecule has 1 saturated heterocycles. The molecular weight excluding hydrogens is 266 g/mol. The maximum Gasteiger partial charge on any atom is 0.256 e. The summed E-state index contributed by atoms with van der Waals surface area (Å²) in [6.07, 6.45) is 3.24. The van der Waals surface area contributed by atoms with Gasteiger partial charge in [0.25, 0.3) is 5.91 Å². The van der Waals surface area contributed by atoms with E-state index >= 15 is 0 Å². The first kappa shape index (κ1) is 13.7. The molecule has 1 aromatic heterocycles. The Morgan fingerprint density at radius 3 is 2.67 bits per heavy atom. The van der Waals surface area contributed by atoms with Crippen molar-refractivity contribution in [2.45, 2.75) is 12.8 Å². The molecule has 110 valence electrons. The molecule has 2 aromatic rings. The molecule has 2 heterocycles. The first-order chi connectivity index (χ1) is 10.2. The Labute approximate surface area is 123 Å². The van der Waals surface area contributed by atoms with E-state index in [-0.39, 0.29) is 17.7 Å². The number of para-hydroxylation sites is 1. The molecule has 2 N–H and O–H groups in total. The number of amides is 2. The van der Waals surface area contributed by atoms with Gasteiger partial charge in [-0.3, -0.25) is 9.59 Å². The lowest BCUT2D eigenvalue weighted by molar-refractivity contribution is -0.125. The lowest BCUT2D eigenvalue weighted by Gasteiger charge is -2.31. The van der Waals surface area contributed by atoms with E-state index in [1.807, 2.05) is 29.2 Å². The number of rotatable bonds is 2. The maximum absolute atomic E-state index is 12.6. The highest BCUT2D eigenvalue weighted by Gasteiger charge is 2.28. The molecule has 0 bridgehead atoms. The van der Waals surface area contributed by atoms with Gasteiger partial charge in [0.1, 0.15) is 0 Å². The topological polar surface area (TPSA) is 65.2 Å². The molecule has 1 aromatic carbocycles. The van der Waals surface area contributed by atoms with Crippen LogP contribution in [0.3, 0.4) is 0 Å². The van der Waals surface area contributed by atoms with Gasteiger partial charge in [0, 0.05) is 43.2 Å². The number of aromatic amines is 1. The quantitative estimate of drug-likeness (QED) is 0.883. The van der Waals surface area contributed by atoms with Crippen LogP contribution in [0.1, 0.15) is 23.2 Å². The summed E-state index contributed by atoms with van der Waals surface area (Å²) < 4.78 is 0. The number of nitrogens with one attached hydrogen (secondary N) is 2. The fourth-order valence-electron chi connectivity index (χ4n) is 2.97. The number of likely N-dealkylation sites (tertiary alicyclic amines) is 1. The monoisotopic (exact) mass is 285 g/mol. The summed E-state index contributed by atoms with van der Waals surface area (Å²) >= 11 is 0. The van der Waals surface area contributed by atoms with Crippen molar-refractivity contribution < 1.29 is 9.59 Å². The third kappa shape index (κ3) is 2.51. The van der Waals surface area contributed by atoms with Crippen LogP contribution >= 0.6 is 0 Å². The molecule has 3 rings (SSSR count). The third-order valence-electron chi connectivity index (χ3n) is 4.22. The largest absolute Gasteiger partial charge is 0.360 e. The SMILES string of the molecule is CNC(=O)C1CCN(C(=O)c2c[nH]c3ccccc23)CC1. The van der Waals surface area contributed by atoms with Crippen molar-refractivity contribution in [1.29, 1.82) is 0 Å². The molecule has 2 amide bonds. The Morgan fingerprint density at radius 2 is 1.95 bits per heavy atom. The minimum atomic E-state index is 0.0296. The first-order valence-electron chi connectivity index (χ1n) is 7.27. The molecule has 21 heavy (non-hydrogen) atoms. The standard InChI is InChI=1S/C16H19N3O2/c1-17-15(20)11-6-8-19(9-7-11)16(21)13-10-18-14-5-3-2-4-12(13)14/h2-5,10-11,18H,6-9H2,1H3,(H,17,20). The molecule has 0 atom stereocenters. The fourth-order valence-corrected chi connectivity index (χ4v) is 2.97. The minimum Gasteiger partial charge on any atom is -0.360 e. The van der Waals surface area contributed by atoms with Crippen molar-refractivity contribution in [2.75, 3.05) is 20.1 Å². The van der Waals surface area contributed by atoms with Crippen molar-refractivity contribution >= 4 is 22.7 Å². The smallest absolute Gasteiger partial charge is 0.256 e. The number of nitrogens with zero attached hydrogens (tertiary/aromatic N) is 1. The molecule has 1 aliphatic rings. The van der Waals surface area contributed by atoms with Gasteiger partial charge in [-0.15, -0.1) is 0 Å². The molecule has 0 radical (unpaired) electrons. The van der Waals surface area contributed by atoms with E-state index in [9.17, 15) is 9.59 Å². The predicted octanol–water partition coefficient (Wildman–Crippen LogP) is 1.77. The Hall–Kier alpha value is -2.30. The average Bonchev–Trinajstić information content (AvgIpc) is 2.97. The maximum atomic E-state index is 12.6. The number of hydrogen-bond acceptors (Lipinski definition) is 2. The van der Waals surface area contributed by atoms with Crippen LogP contribution in [0.25, 0.3) is 10.9 Å². The number of fused-ring (bicyclic) bond motifs is 1. The predicted molar refractivity (Wildman–Crippen MR) is 81.0 cm³/mol. The molecule has 0 saturated carbocycles. The van der Waals surface area contributed by atoms with Crippen LogP contribution in [-0.2, 0) is 4.79 Å². The van der Waals surface area contributed by atoms with E-state index < -0.39 is 0 Å². The summed E-state index contributed by atoms with van der Waals surface area (Å²) in [7, 11) is 1.66. The van der Waals surface area contributed by atoms with Crippen LogP contribution < -0.4 is 5.32 Å². The van der Waals surface area contributed by atoms with E-state index in [0.717, 1.165) is 23.7 Å². The van der Waals surface area contributed by atoms with E-state index in [4.69, 9.17) is 0 Å². The van der Waals surface area contributed by atoms with Gasteiger partial charge >= 0.3 is 0 Å². The van der Waals surface area contributed by atoms with Gasteiger partial charge in [0.2, 0.25) is 5.91 Å². The molecule has 1 aliphatic heterocycles. The van der Waals surface area contributed by atoms with E-state index in [2.05, 4.69) is 10.3 Å². The van der Waals surface area contributed by atoms with E-state index in [1.54, 1.807) is 13.2 Å². The van der Waals surface area contributed by atoms with Crippen molar-refractivity contribution in [2.24, 2.45) is 5.92 Å². The second-order valence-corrected chi connectivity index (χ2v) is 5.43. The number of H-pyrrole nitrogens is 1. The fraction of sp³-hybridized carbons (Fsp3) is 0.375. The second kappa shape index (κ2) is 5.60. The molecule has 1 fully saturated rings. The third-order valence-corrected chi connectivity index (χ3v) is 4.22. The average molecular weight is 285 g/mol. The number of benzene rings is 1. The number of hydrogen-bond donors (Lipinski definition) is 2. The Morgan fingerprint density at radius 1 is 1.24 bits per heavy atom. The van der Waals surface area contributed by atoms with Gasteiger partial charge in [0.05, 0.1) is 5.56 Å². The first-order valence-corrected chi connectivity index (χ1v) is 7.27. The van der Waals surface area contributed by atoms with Crippen LogP contribution in [0.5, 0.6) is 0 Å². The highest BCUT2D eigenvalue weighted by molar-refractivity contribution is 6.06. The summed E-state index contributed by atoms with van der Waals surface area (Å²) in [6, 6.07) is 7.80. The molecule has 0 aliphatic carbocycles. The summed E-state index contributed by atoms with van der Waals surface area (Å²) in [5.74, 6) is 0.152. The Bertz CT molecular complexity index is 669. The molecule has 0 unspecified atom stereocenters. The van der Waals surface area contributed by atoms with Gasteiger partial charge < -0.3 is 15.2 Å². The lowest BCUT2D eigenvalue weighted by Crippen LogP contribution is -2.42. The summed E-state index contributed by atoms with van der Waals surface area (Å²) in [4.78, 5) is 29.2. The van der Waals surface area contributed by atoms with E-state index in [0.29, 0.717) is 18.7 Å². The summed E-state index contributed by atoms with van der Waals surface area (Å²) in [5.41, 5.74) is 1.69. The second-order valence-electron chi connectivity index (χ2n) is 5.43. The number of aromatic nitrogens is 1. The van der Waals surface area contributed by atoms with E-state index in [1.165, 1.54) is 0 Å². The zero-order valence-electron chi connectivity index (χ0n) is 12.1. The van der Waals surface area contributed by atoms with Gasteiger partial charge in [-0.1, -0.05) is 18.2 Å². The van der Waals surface area contributed by atoms with Crippen molar-refractivity contribution in [1.82, 2.24) is 15.2 Å². The molecular formula is C16H19N3O2. The van der Waals surface area contributed by atoms with Gasteiger partial charge in [-0.25, -0.2) is 0 Å². The van der Waals surface area contributed by atoms with Crippen LogP contribution in [0.15, 0.2) is 30.5 Å². The minimum absolute atomic E-state index is 0.0296. The highest BCUT2D eigenvalue weighted by Crippen LogP contribution is 2.23. The number of carbonyl (C=O) groups excluding carboxylic acids is 2. The Balaban J connectivity index is 1.74. The number of carbonyl (C=O) groups is 2. The van der Waals surface area contributed by atoms with Crippen LogP contribution in [0.4, 0.5) is 0 Å².